The molecule has 2 fully saturated rings. The van der Waals surface area contributed by atoms with Gasteiger partial charge in [-0.3, -0.25) is 0 Å². The highest BCUT2D eigenvalue weighted by atomic mass is 19.1. The Morgan fingerprint density at radius 1 is 1.35 bits per heavy atom. The highest BCUT2D eigenvalue weighted by Gasteiger charge is 2.36. The summed E-state index contributed by atoms with van der Waals surface area (Å²) in [4.78, 5) is 12.2. The second kappa shape index (κ2) is 6.87. The first-order chi connectivity index (χ1) is 11.0. The van der Waals surface area contributed by atoms with Gasteiger partial charge in [0.2, 0.25) is 0 Å². The fourth-order valence-electron chi connectivity index (χ4n) is 3.14. The van der Waals surface area contributed by atoms with Gasteiger partial charge in [-0.2, -0.15) is 0 Å². The van der Waals surface area contributed by atoms with Gasteiger partial charge in [-0.05, 0) is 62.6 Å². The van der Waals surface area contributed by atoms with Gasteiger partial charge in [0.1, 0.15) is 5.82 Å². The molecule has 0 unspecified atom stereocenters. The molecular weight excluding hydrogens is 295 g/mol. The monoisotopic (exact) mass is 320 g/mol. The van der Waals surface area contributed by atoms with Crippen LogP contribution in [0.1, 0.15) is 49.8 Å². The average Bonchev–Trinajstić information content (AvgIpc) is 3.35. The van der Waals surface area contributed by atoms with Gasteiger partial charge in [0.05, 0.1) is 12.1 Å². The number of rotatable bonds is 4. The van der Waals surface area contributed by atoms with Crippen molar-refractivity contribution >= 4 is 6.03 Å². The van der Waals surface area contributed by atoms with Gasteiger partial charge in [-0.1, -0.05) is 12.1 Å². The van der Waals surface area contributed by atoms with Crippen LogP contribution in [-0.4, -0.2) is 24.8 Å². The third kappa shape index (κ3) is 4.22. The summed E-state index contributed by atoms with van der Waals surface area (Å²) in [7, 11) is 0. The number of nitrogens with one attached hydrogen (secondary N) is 2. The van der Waals surface area contributed by atoms with E-state index in [1.807, 2.05) is 13.0 Å². The Labute approximate surface area is 136 Å². The number of halogens is 1. The van der Waals surface area contributed by atoms with Crippen LogP contribution in [0.2, 0.25) is 0 Å². The van der Waals surface area contributed by atoms with Gasteiger partial charge in [0, 0.05) is 12.6 Å². The minimum atomic E-state index is -0.242. The Morgan fingerprint density at radius 2 is 2.13 bits per heavy atom. The summed E-state index contributed by atoms with van der Waals surface area (Å²) in [6.07, 6.45) is 4.55. The van der Waals surface area contributed by atoms with Crippen molar-refractivity contribution in [3.05, 3.63) is 35.1 Å². The van der Waals surface area contributed by atoms with E-state index in [1.54, 1.807) is 13.0 Å². The number of ether oxygens (including phenoxy) is 1. The molecule has 0 aromatic heterocycles. The van der Waals surface area contributed by atoms with Crippen molar-refractivity contribution in [2.45, 2.75) is 57.7 Å². The number of carbonyl (C=O) groups excluding carboxylic acids is 1. The number of aryl methyl sites for hydroxylation is 1. The number of benzene rings is 1. The van der Waals surface area contributed by atoms with Gasteiger partial charge in [0.15, 0.2) is 0 Å². The maximum absolute atomic E-state index is 13.6. The second-order valence-electron chi connectivity index (χ2n) is 6.82. The molecule has 3 rings (SSSR count). The predicted octanol–water partition coefficient (Wildman–Crippen LogP) is 3.45. The van der Waals surface area contributed by atoms with Crippen LogP contribution < -0.4 is 10.6 Å². The van der Waals surface area contributed by atoms with E-state index in [-0.39, 0.29) is 23.9 Å². The summed E-state index contributed by atoms with van der Waals surface area (Å²) in [6.45, 7) is 4.30. The van der Waals surface area contributed by atoms with Crippen LogP contribution in [0.5, 0.6) is 0 Å². The van der Waals surface area contributed by atoms with Gasteiger partial charge in [0.25, 0.3) is 0 Å². The summed E-state index contributed by atoms with van der Waals surface area (Å²) in [6, 6.07) is 4.80. The Bertz CT molecular complexity index is 574. The lowest BCUT2D eigenvalue weighted by molar-refractivity contribution is -0.00917. The van der Waals surface area contributed by atoms with E-state index in [9.17, 15) is 9.18 Å². The van der Waals surface area contributed by atoms with Gasteiger partial charge in [-0.15, -0.1) is 0 Å². The molecule has 1 saturated heterocycles. The largest absolute Gasteiger partial charge is 0.378 e. The van der Waals surface area contributed by atoms with Crippen LogP contribution in [0.4, 0.5) is 9.18 Å². The minimum Gasteiger partial charge on any atom is -0.378 e. The molecule has 0 bridgehead atoms. The van der Waals surface area contributed by atoms with Crippen molar-refractivity contribution in [1.82, 2.24) is 10.6 Å². The Balaban J connectivity index is 1.50. The third-order valence-electron chi connectivity index (χ3n) is 4.84. The SMILES string of the molecule is Cc1ccc([C@H](C)NC(=O)N[C@@H]2CCO[C@H](C3CC3)C2)cc1F. The van der Waals surface area contributed by atoms with Gasteiger partial charge in [-0.25, -0.2) is 9.18 Å². The van der Waals surface area contributed by atoms with Crippen LogP contribution in [0, 0.1) is 18.7 Å². The van der Waals surface area contributed by atoms with E-state index < -0.39 is 0 Å². The molecule has 3 atom stereocenters. The van der Waals surface area contributed by atoms with E-state index in [2.05, 4.69) is 10.6 Å². The molecule has 5 heteroatoms. The summed E-state index contributed by atoms with van der Waals surface area (Å²) in [5, 5.41) is 5.93. The summed E-state index contributed by atoms with van der Waals surface area (Å²) < 4.78 is 19.4. The van der Waals surface area contributed by atoms with E-state index >= 15 is 0 Å². The van der Waals surface area contributed by atoms with Crippen molar-refractivity contribution in [1.29, 1.82) is 0 Å². The van der Waals surface area contributed by atoms with Crippen molar-refractivity contribution in [2.24, 2.45) is 5.92 Å². The molecule has 1 aliphatic carbocycles. The number of carbonyl (C=O) groups is 1. The minimum absolute atomic E-state index is 0.163. The lowest BCUT2D eigenvalue weighted by Crippen LogP contribution is -2.47. The fourth-order valence-corrected chi connectivity index (χ4v) is 3.14. The second-order valence-corrected chi connectivity index (χ2v) is 6.82. The average molecular weight is 320 g/mol. The lowest BCUT2D eigenvalue weighted by Gasteiger charge is -2.30. The summed E-state index contributed by atoms with van der Waals surface area (Å²) >= 11 is 0. The molecule has 1 aliphatic heterocycles. The molecule has 1 saturated carbocycles. The quantitative estimate of drug-likeness (QED) is 0.893. The van der Waals surface area contributed by atoms with E-state index in [1.165, 1.54) is 18.9 Å². The van der Waals surface area contributed by atoms with Crippen molar-refractivity contribution in [3.63, 3.8) is 0 Å². The standard InChI is InChI=1S/C18H25FN2O2/c1-11-3-4-14(9-16(11)19)12(2)20-18(22)21-15-7-8-23-17(10-15)13-5-6-13/h3-4,9,12-13,15,17H,5-8,10H2,1-2H3,(H2,20,21,22)/t12-,15+,17-/m0/s1. The van der Waals surface area contributed by atoms with Crippen LogP contribution >= 0.6 is 0 Å². The molecule has 1 aromatic carbocycles. The van der Waals surface area contributed by atoms with E-state index in [4.69, 9.17) is 4.74 Å². The van der Waals surface area contributed by atoms with E-state index in [0.717, 1.165) is 18.4 Å². The van der Waals surface area contributed by atoms with Crippen LogP contribution in [-0.2, 0) is 4.74 Å². The molecule has 0 spiro atoms. The zero-order valence-corrected chi connectivity index (χ0v) is 13.8. The van der Waals surface area contributed by atoms with Crippen molar-refractivity contribution in [3.8, 4) is 0 Å². The number of hydrogen-bond donors (Lipinski definition) is 2. The first-order valence-corrected chi connectivity index (χ1v) is 8.47. The summed E-state index contributed by atoms with van der Waals surface area (Å²) in [5.74, 6) is 0.449. The zero-order chi connectivity index (χ0) is 16.4. The Hall–Kier alpha value is -1.62. The maximum Gasteiger partial charge on any atom is 0.315 e. The van der Waals surface area contributed by atoms with Crippen LogP contribution in [0.25, 0.3) is 0 Å². The first kappa shape index (κ1) is 16.2. The molecule has 23 heavy (non-hydrogen) atoms. The number of hydrogen-bond acceptors (Lipinski definition) is 2. The predicted molar refractivity (Wildman–Crippen MR) is 86.7 cm³/mol. The fraction of sp³-hybridized carbons (Fsp3) is 0.611. The Morgan fingerprint density at radius 3 is 2.83 bits per heavy atom. The lowest BCUT2D eigenvalue weighted by atomic mass is 10.0. The normalized spacial score (nSPS) is 25.7. The molecule has 2 amide bonds. The van der Waals surface area contributed by atoms with E-state index in [0.29, 0.717) is 24.2 Å². The maximum atomic E-state index is 13.6. The third-order valence-corrected chi connectivity index (χ3v) is 4.84. The zero-order valence-electron chi connectivity index (χ0n) is 13.8. The van der Waals surface area contributed by atoms with Crippen LogP contribution in [0.15, 0.2) is 18.2 Å². The van der Waals surface area contributed by atoms with Gasteiger partial charge >= 0.3 is 6.03 Å². The highest BCUT2D eigenvalue weighted by molar-refractivity contribution is 5.74. The number of urea groups is 1. The number of amides is 2. The topological polar surface area (TPSA) is 50.4 Å². The first-order valence-electron chi connectivity index (χ1n) is 8.47. The molecular formula is C18H25FN2O2. The highest BCUT2D eigenvalue weighted by Crippen LogP contribution is 2.38. The molecule has 0 radical (unpaired) electrons. The molecule has 2 aliphatic rings. The molecule has 1 heterocycles. The van der Waals surface area contributed by atoms with Crippen molar-refractivity contribution < 1.29 is 13.9 Å². The smallest absolute Gasteiger partial charge is 0.315 e. The van der Waals surface area contributed by atoms with Crippen molar-refractivity contribution in [2.75, 3.05) is 6.61 Å². The van der Waals surface area contributed by atoms with Crippen LogP contribution in [0.3, 0.4) is 0 Å². The summed E-state index contributed by atoms with van der Waals surface area (Å²) in [5.41, 5.74) is 1.38. The Kier molecular flexibility index (Phi) is 4.85. The molecule has 126 valence electrons. The molecule has 2 N–H and O–H groups in total. The molecule has 1 aromatic rings. The van der Waals surface area contributed by atoms with Gasteiger partial charge < -0.3 is 15.4 Å². The molecule has 4 nitrogen and oxygen atoms in total.